The third kappa shape index (κ3) is 6.82. The van der Waals surface area contributed by atoms with Gasteiger partial charge in [0.05, 0.1) is 28.7 Å². The highest BCUT2D eigenvalue weighted by atomic mass is 35.5. The molecule has 0 spiro atoms. The molecule has 1 saturated carbocycles. The van der Waals surface area contributed by atoms with E-state index in [1.807, 2.05) is 0 Å². The Bertz CT molecular complexity index is 1300. The fourth-order valence-corrected chi connectivity index (χ4v) is 6.13. The minimum Gasteiger partial charge on any atom is -0.350 e. The number of halogens is 1. The molecule has 4 amide bonds. The highest BCUT2D eigenvalue weighted by Crippen LogP contribution is 2.29. The number of rotatable bonds is 5. The summed E-state index contributed by atoms with van der Waals surface area (Å²) in [5.41, 5.74) is 0.781. The van der Waals surface area contributed by atoms with Crippen LogP contribution in [0.5, 0.6) is 0 Å². The Hall–Kier alpha value is -3.33. The molecule has 2 aromatic rings. The number of quaternary nitrogens is 1. The van der Waals surface area contributed by atoms with Gasteiger partial charge in [-0.25, -0.2) is 15.0 Å². The highest BCUT2D eigenvalue weighted by Gasteiger charge is 2.39. The van der Waals surface area contributed by atoms with E-state index < -0.39 is 29.8 Å². The minimum absolute atomic E-state index is 0.0602. The standard InChI is InChI=1S/C24H30ClN7O6S/c1-30(2)24(36)13-4-6-15(26-20(33)21(34)29-19-7-5-14(25)11-31(19)37)17(10-13)27-22(35)23-28-16-8-9-32(3,38)12-18(16)39-23/h5,7,11,13,15,17,37-38H,4,6,8-10,12H2,1-3H3,(H-,26,27,33,35)/p+2/t13-,15-,17+,32?/m0/s1. The summed E-state index contributed by atoms with van der Waals surface area (Å²) >= 11 is 7.00. The smallest absolute Gasteiger partial charge is 0.350 e. The van der Waals surface area contributed by atoms with Crippen molar-refractivity contribution in [3.8, 4) is 0 Å². The molecule has 4 atom stereocenters. The Morgan fingerprint density at radius 2 is 1.90 bits per heavy atom. The van der Waals surface area contributed by atoms with E-state index >= 15 is 0 Å². The Labute approximate surface area is 233 Å². The number of hydrogen-bond acceptors (Lipinski definition) is 8. The van der Waals surface area contributed by atoms with Crippen LogP contribution in [-0.2, 0) is 27.3 Å². The van der Waals surface area contributed by atoms with Crippen LogP contribution in [0, 0.1) is 5.92 Å². The third-order valence-electron chi connectivity index (χ3n) is 6.90. The number of nitrogens with one attached hydrogen (secondary N) is 3. The zero-order chi connectivity index (χ0) is 28.5. The maximum Gasteiger partial charge on any atom is 0.396 e. The highest BCUT2D eigenvalue weighted by molar-refractivity contribution is 7.13. The van der Waals surface area contributed by atoms with Crippen molar-refractivity contribution in [2.75, 3.05) is 33.0 Å². The molecular formula is C24H32ClN7O6S+2. The van der Waals surface area contributed by atoms with Crippen LogP contribution in [0.25, 0.3) is 0 Å². The predicted molar refractivity (Wildman–Crippen MR) is 139 cm³/mol. The summed E-state index contributed by atoms with van der Waals surface area (Å²) in [6.07, 6.45) is 2.77. The lowest BCUT2D eigenvalue weighted by molar-refractivity contribution is -1.10. The maximum absolute atomic E-state index is 13.2. The van der Waals surface area contributed by atoms with Gasteiger partial charge in [0.2, 0.25) is 5.91 Å². The van der Waals surface area contributed by atoms with Crippen LogP contribution in [0.15, 0.2) is 18.3 Å². The molecule has 4 rings (SSSR count). The van der Waals surface area contributed by atoms with Gasteiger partial charge >= 0.3 is 17.6 Å². The van der Waals surface area contributed by atoms with E-state index in [9.17, 15) is 29.6 Å². The second-order valence-corrected chi connectivity index (χ2v) is 11.8. The van der Waals surface area contributed by atoms with Gasteiger partial charge in [0, 0.05) is 38.5 Å². The molecule has 1 aliphatic carbocycles. The fraction of sp³-hybridized carbons (Fsp3) is 0.500. The van der Waals surface area contributed by atoms with Crippen LogP contribution < -0.4 is 20.7 Å². The molecule has 0 aromatic carbocycles. The van der Waals surface area contributed by atoms with Crippen molar-refractivity contribution in [3.05, 3.63) is 38.9 Å². The van der Waals surface area contributed by atoms with E-state index in [-0.39, 0.29) is 38.7 Å². The van der Waals surface area contributed by atoms with E-state index in [0.717, 1.165) is 16.8 Å². The van der Waals surface area contributed by atoms with Crippen molar-refractivity contribution in [3.63, 3.8) is 0 Å². The second-order valence-electron chi connectivity index (χ2n) is 10.3. The van der Waals surface area contributed by atoms with Crippen LogP contribution in [0.4, 0.5) is 5.82 Å². The molecule has 1 unspecified atom stereocenters. The molecule has 2 aliphatic rings. The number of carbonyl (C=O) groups excluding carboxylic acids is 4. The van der Waals surface area contributed by atoms with E-state index in [0.29, 0.717) is 37.1 Å². The monoisotopic (exact) mass is 581 g/mol. The normalized spacial score (nSPS) is 24.3. The summed E-state index contributed by atoms with van der Waals surface area (Å²) in [5.74, 6) is -2.94. The van der Waals surface area contributed by atoms with Gasteiger partial charge in [0.15, 0.2) is 11.2 Å². The Morgan fingerprint density at radius 1 is 1.15 bits per heavy atom. The van der Waals surface area contributed by atoms with Gasteiger partial charge in [-0.15, -0.1) is 11.3 Å². The number of nitrogens with zero attached hydrogens (tertiary/aromatic N) is 4. The number of pyridine rings is 1. The topological polar surface area (TPSA) is 165 Å². The Kier molecular flexibility index (Phi) is 8.39. The van der Waals surface area contributed by atoms with Gasteiger partial charge in [-0.3, -0.25) is 14.4 Å². The first-order valence-electron chi connectivity index (χ1n) is 12.4. The number of amides is 4. The summed E-state index contributed by atoms with van der Waals surface area (Å²) in [6, 6.07) is 1.50. The van der Waals surface area contributed by atoms with E-state index in [2.05, 4.69) is 20.9 Å². The number of anilines is 1. The summed E-state index contributed by atoms with van der Waals surface area (Å²) in [5, 5.41) is 28.6. The first-order valence-corrected chi connectivity index (χ1v) is 13.6. The summed E-state index contributed by atoms with van der Waals surface area (Å²) in [6.45, 7) is 0.857. The molecule has 0 radical (unpaired) electrons. The lowest BCUT2D eigenvalue weighted by Gasteiger charge is -2.36. The molecule has 3 heterocycles. The number of aromatic nitrogens is 2. The largest absolute Gasteiger partial charge is 0.396 e. The zero-order valence-corrected chi connectivity index (χ0v) is 23.4. The van der Waals surface area contributed by atoms with Crippen LogP contribution in [0.1, 0.15) is 39.6 Å². The number of carbonyl (C=O) groups is 4. The van der Waals surface area contributed by atoms with Gasteiger partial charge in [-0.2, -0.15) is 9.96 Å². The molecule has 1 fully saturated rings. The van der Waals surface area contributed by atoms with Gasteiger partial charge < -0.3 is 20.7 Å². The number of fused-ring (bicyclic) bond motifs is 1. The summed E-state index contributed by atoms with van der Waals surface area (Å²) in [4.78, 5) is 58.0. The molecule has 5 N–H and O–H groups in total. The first kappa shape index (κ1) is 28.7. The molecule has 15 heteroatoms. The Morgan fingerprint density at radius 3 is 2.59 bits per heavy atom. The lowest BCUT2D eigenvalue weighted by atomic mass is 9.81. The molecule has 13 nitrogen and oxygen atoms in total. The molecule has 0 saturated heterocycles. The van der Waals surface area contributed by atoms with E-state index in [1.54, 1.807) is 21.1 Å². The van der Waals surface area contributed by atoms with Crippen molar-refractivity contribution in [2.45, 2.75) is 44.3 Å². The van der Waals surface area contributed by atoms with Crippen molar-refractivity contribution in [2.24, 2.45) is 5.92 Å². The van der Waals surface area contributed by atoms with Gasteiger partial charge in [0.25, 0.3) is 5.91 Å². The summed E-state index contributed by atoms with van der Waals surface area (Å²) < 4.78 is 0.413. The average Bonchev–Trinajstić information content (AvgIpc) is 3.28. The maximum atomic E-state index is 13.2. The van der Waals surface area contributed by atoms with Gasteiger partial charge in [-0.1, -0.05) is 16.3 Å². The Balaban J connectivity index is 1.47. The van der Waals surface area contributed by atoms with Gasteiger partial charge in [0.1, 0.15) is 13.1 Å². The van der Waals surface area contributed by atoms with Crippen LogP contribution >= 0.6 is 22.9 Å². The number of hydroxylamine groups is 3. The van der Waals surface area contributed by atoms with Crippen molar-refractivity contribution >= 4 is 52.4 Å². The number of thiazole rings is 1. The number of likely N-dealkylation sites (N-methyl/N-ethyl adjacent to an activating group) is 1. The van der Waals surface area contributed by atoms with Crippen LogP contribution in [-0.4, -0.2) is 88.3 Å². The molecule has 2 aromatic heterocycles. The second kappa shape index (κ2) is 11.4. The van der Waals surface area contributed by atoms with Crippen molar-refractivity contribution in [1.82, 2.24) is 20.5 Å². The summed E-state index contributed by atoms with van der Waals surface area (Å²) in [7, 11) is 5.01. The molecule has 210 valence electrons. The molecule has 1 aliphatic heterocycles. The molecule has 39 heavy (non-hydrogen) atoms. The minimum atomic E-state index is -1.02. The third-order valence-corrected chi connectivity index (χ3v) is 8.21. The average molecular weight is 582 g/mol. The molecular weight excluding hydrogens is 550 g/mol. The van der Waals surface area contributed by atoms with Crippen molar-refractivity contribution < 1.29 is 39.0 Å². The van der Waals surface area contributed by atoms with E-state index in [1.165, 1.54) is 28.4 Å². The van der Waals surface area contributed by atoms with Crippen LogP contribution in [0.3, 0.4) is 0 Å². The van der Waals surface area contributed by atoms with Crippen LogP contribution in [0.2, 0.25) is 5.02 Å². The van der Waals surface area contributed by atoms with E-state index in [4.69, 9.17) is 11.6 Å². The van der Waals surface area contributed by atoms with Crippen molar-refractivity contribution in [1.29, 1.82) is 0 Å². The fourth-order valence-electron chi connectivity index (χ4n) is 4.83. The SMILES string of the molecule is CN(C)C(=O)[C@H]1CC[C@H](NC(=O)C(=O)Nc2ccc(Cl)c[n+]2O)[C@H](NC(=O)c2nc3c(s2)C[N+](C)(O)CC3)C1. The zero-order valence-electron chi connectivity index (χ0n) is 21.8. The first-order chi connectivity index (χ1) is 18.3. The lowest BCUT2D eigenvalue weighted by Crippen LogP contribution is -2.57. The van der Waals surface area contributed by atoms with Gasteiger partial charge in [-0.05, 0) is 25.3 Å². The quantitative estimate of drug-likeness (QED) is 0.147. The number of hydrogen-bond donors (Lipinski definition) is 5. The molecule has 0 bridgehead atoms. The predicted octanol–water partition coefficient (Wildman–Crippen LogP) is 0.323.